The molecule has 0 radical (unpaired) electrons. The van der Waals surface area contributed by atoms with E-state index in [1.807, 2.05) is 24.0 Å². The van der Waals surface area contributed by atoms with Crippen LogP contribution in [0.4, 0.5) is 5.82 Å². The third-order valence-corrected chi connectivity index (χ3v) is 2.07. The van der Waals surface area contributed by atoms with E-state index < -0.39 is 0 Å². The van der Waals surface area contributed by atoms with Crippen molar-refractivity contribution in [1.29, 1.82) is 0 Å². The van der Waals surface area contributed by atoms with Gasteiger partial charge in [0.2, 0.25) is 0 Å². The Hall–Kier alpha value is -1.55. The Morgan fingerprint density at radius 1 is 1.62 bits per heavy atom. The van der Waals surface area contributed by atoms with Gasteiger partial charge in [-0.05, 0) is 19.1 Å². The highest BCUT2D eigenvalue weighted by molar-refractivity contribution is 5.52. The van der Waals surface area contributed by atoms with Crippen molar-refractivity contribution < 1.29 is 9.84 Å². The summed E-state index contributed by atoms with van der Waals surface area (Å²) >= 11 is 0. The van der Waals surface area contributed by atoms with E-state index in [1.165, 1.54) is 0 Å². The minimum absolute atomic E-state index is 0.0793. The maximum absolute atomic E-state index is 9.00. The Morgan fingerprint density at radius 2 is 2.44 bits per heavy atom. The zero-order valence-electron chi connectivity index (χ0n) is 9.59. The Kier molecular flexibility index (Phi) is 5.36. The first-order valence-electron chi connectivity index (χ1n) is 5.38. The average molecular weight is 222 g/mol. The molecule has 1 aromatic rings. The van der Waals surface area contributed by atoms with Crippen LogP contribution in [0, 0.1) is 0 Å². The predicted octanol–water partition coefficient (Wildman–Crippen LogP) is 1.46. The Labute approximate surface area is 96.2 Å². The van der Waals surface area contributed by atoms with E-state index in [9.17, 15) is 0 Å². The summed E-state index contributed by atoms with van der Waals surface area (Å²) in [7, 11) is 0. The summed E-state index contributed by atoms with van der Waals surface area (Å²) in [6, 6.07) is 3.71. The molecule has 1 heterocycles. The second kappa shape index (κ2) is 6.85. The first kappa shape index (κ1) is 12.5. The van der Waals surface area contributed by atoms with Crippen molar-refractivity contribution in [2.45, 2.75) is 6.92 Å². The number of hydrogen-bond donors (Lipinski definition) is 1. The maximum Gasteiger partial charge on any atom is 0.171 e. The van der Waals surface area contributed by atoms with Crippen LogP contribution in [0.5, 0.6) is 5.75 Å². The van der Waals surface area contributed by atoms with Gasteiger partial charge >= 0.3 is 0 Å². The molecule has 88 valence electrons. The summed E-state index contributed by atoms with van der Waals surface area (Å²) in [6.45, 7) is 7.45. The highest BCUT2D eigenvalue weighted by atomic mass is 16.5. The molecule has 0 bridgehead atoms. The number of aliphatic hydroxyl groups is 1. The molecule has 0 aliphatic rings. The van der Waals surface area contributed by atoms with Gasteiger partial charge in [0.25, 0.3) is 0 Å². The van der Waals surface area contributed by atoms with Gasteiger partial charge < -0.3 is 14.7 Å². The fourth-order valence-corrected chi connectivity index (χ4v) is 1.45. The highest BCUT2D eigenvalue weighted by Crippen LogP contribution is 2.24. The van der Waals surface area contributed by atoms with E-state index in [-0.39, 0.29) is 6.61 Å². The summed E-state index contributed by atoms with van der Waals surface area (Å²) in [5.74, 6) is 1.48. The molecule has 16 heavy (non-hydrogen) atoms. The fraction of sp³-hybridized carbons (Fsp3) is 0.417. The number of aromatic nitrogens is 1. The van der Waals surface area contributed by atoms with Gasteiger partial charge in [0.1, 0.15) is 0 Å². The van der Waals surface area contributed by atoms with E-state index in [0.717, 1.165) is 11.6 Å². The summed E-state index contributed by atoms with van der Waals surface area (Å²) in [5, 5.41) is 9.00. The summed E-state index contributed by atoms with van der Waals surface area (Å²) in [5.41, 5.74) is 0. The van der Waals surface area contributed by atoms with Crippen LogP contribution < -0.4 is 9.64 Å². The molecular weight excluding hydrogens is 204 g/mol. The van der Waals surface area contributed by atoms with E-state index in [2.05, 4.69) is 11.6 Å². The van der Waals surface area contributed by atoms with Crippen molar-refractivity contribution in [2.24, 2.45) is 0 Å². The Balaban J connectivity index is 2.92. The van der Waals surface area contributed by atoms with Crippen LogP contribution in [-0.2, 0) is 0 Å². The lowest BCUT2D eigenvalue weighted by molar-refractivity contribution is 0.301. The molecule has 0 aliphatic carbocycles. The molecular formula is C12H18N2O2. The number of rotatable bonds is 7. The molecule has 0 amide bonds. The monoisotopic (exact) mass is 222 g/mol. The molecule has 0 fully saturated rings. The Bertz CT molecular complexity index is 329. The summed E-state index contributed by atoms with van der Waals surface area (Å²) in [6.07, 6.45) is 3.49. The second-order valence-electron chi connectivity index (χ2n) is 3.22. The lowest BCUT2D eigenvalue weighted by Gasteiger charge is -2.23. The van der Waals surface area contributed by atoms with Crippen molar-refractivity contribution >= 4 is 5.82 Å². The number of aliphatic hydroxyl groups excluding tert-OH is 1. The van der Waals surface area contributed by atoms with Crippen LogP contribution in [0.2, 0.25) is 0 Å². The molecule has 0 unspecified atom stereocenters. The normalized spacial score (nSPS) is 9.88. The molecule has 0 aromatic carbocycles. The molecule has 4 nitrogen and oxygen atoms in total. The quantitative estimate of drug-likeness (QED) is 0.709. The standard InChI is InChI=1S/C12H18N2O2/c1-3-8-14(9-10-15)12-11(16-4-2)6-5-7-13-12/h3,5-7,15H,1,4,8-10H2,2H3. The van der Waals surface area contributed by atoms with Crippen molar-refractivity contribution in [3.8, 4) is 5.75 Å². The van der Waals surface area contributed by atoms with E-state index in [0.29, 0.717) is 19.7 Å². The number of nitrogens with zero attached hydrogens (tertiary/aromatic N) is 2. The minimum atomic E-state index is 0.0793. The summed E-state index contributed by atoms with van der Waals surface area (Å²) in [4.78, 5) is 6.21. The topological polar surface area (TPSA) is 45.6 Å². The number of pyridine rings is 1. The molecule has 1 aromatic heterocycles. The molecule has 0 saturated carbocycles. The molecule has 0 atom stereocenters. The zero-order chi connectivity index (χ0) is 11.8. The van der Waals surface area contributed by atoms with Crippen LogP contribution in [0.25, 0.3) is 0 Å². The SMILES string of the molecule is C=CCN(CCO)c1ncccc1OCC. The fourth-order valence-electron chi connectivity index (χ4n) is 1.45. The molecule has 1 N–H and O–H groups in total. The predicted molar refractivity (Wildman–Crippen MR) is 64.9 cm³/mol. The van der Waals surface area contributed by atoms with E-state index >= 15 is 0 Å². The van der Waals surface area contributed by atoms with Gasteiger partial charge in [-0.15, -0.1) is 6.58 Å². The van der Waals surface area contributed by atoms with Crippen molar-refractivity contribution in [3.63, 3.8) is 0 Å². The maximum atomic E-state index is 9.00. The summed E-state index contributed by atoms with van der Waals surface area (Å²) < 4.78 is 5.49. The lowest BCUT2D eigenvalue weighted by atomic mass is 10.3. The van der Waals surface area contributed by atoms with Gasteiger partial charge in [-0.25, -0.2) is 4.98 Å². The van der Waals surface area contributed by atoms with Gasteiger partial charge in [0.05, 0.1) is 13.2 Å². The van der Waals surface area contributed by atoms with Crippen molar-refractivity contribution in [2.75, 3.05) is 31.2 Å². The first-order valence-corrected chi connectivity index (χ1v) is 5.38. The third kappa shape index (κ3) is 3.24. The first-order chi connectivity index (χ1) is 7.83. The van der Waals surface area contributed by atoms with Crippen LogP contribution in [0.3, 0.4) is 0 Å². The van der Waals surface area contributed by atoms with E-state index in [4.69, 9.17) is 9.84 Å². The third-order valence-electron chi connectivity index (χ3n) is 2.07. The lowest BCUT2D eigenvalue weighted by Crippen LogP contribution is -2.28. The van der Waals surface area contributed by atoms with Gasteiger partial charge in [-0.2, -0.15) is 0 Å². The smallest absolute Gasteiger partial charge is 0.171 e. The van der Waals surface area contributed by atoms with Gasteiger partial charge in [0, 0.05) is 19.3 Å². The molecule has 0 aliphatic heterocycles. The van der Waals surface area contributed by atoms with Crippen molar-refractivity contribution in [3.05, 3.63) is 31.0 Å². The molecule has 1 rings (SSSR count). The van der Waals surface area contributed by atoms with E-state index in [1.54, 1.807) is 12.3 Å². The van der Waals surface area contributed by atoms with Crippen molar-refractivity contribution in [1.82, 2.24) is 4.98 Å². The van der Waals surface area contributed by atoms with Crippen LogP contribution in [-0.4, -0.2) is 36.4 Å². The molecule has 4 heteroatoms. The molecule has 0 saturated heterocycles. The van der Waals surface area contributed by atoms with Crippen LogP contribution in [0.15, 0.2) is 31.0 Å². The number of hydrogen-bond acceptors (Lipinski definition) is 4. The average Bonchev–Trinajstić information content (AvgIpc) is 2.30. The van der Waals surface area contributed by atoms with Gasteiger partial charge in [-0.1, -0.05) is 6.08 Å². The second-order valence-corrected chi connectivity index (χ2v) is 3.22. The van der Waals surface area contributed by atoms with Crippen LogP contribution in [0.1, 0.15) is 6.92 Å². The number of ether oxygens (including phenoxy) is 1. The molecule has 0 spiro atoms. The van der Waals surface area contributed by atoms with Gasteiger partial charge in [0.15, 0.2) is 11.6 Å². The Morgan fingerprint density at radius 3 is 3.06 bits per heavy atom. The van der Waals surface area contributed by atoms with Gasteiger partial charge in [-0.3, -0.25) is 0 Å². The number of anilines is 1. The largest absolute Gasteiger partial charge is 0.490 e. The zero-order valence-corrected chi connectivity index (χ0v) is 9.59. The minimum Gasteiger partial charge on any atom is -0.490 e. The van der Waals surface area contributed by atoms with Crippen LogP contribution >= 0.6 is 0 Å². The highest BCUT2D eigenvalue weighted by Gasteiger charge is 2.11.